The molecule has 0 bridgehead atoms. The average molecular weight is 236 g/mol. The van der Waals surface area contributed by atoms with E-state index in [0.717, 1.165) is 0 Å². The minimum absolute atomic E-state index is 0.0884. The molecule has 0 radical (unpaired) electrons. The third-order valence-electron chi connectivity index (χ3n) is 1.87. The van der Waals surface area contributed by atoms with Gasteiger partial charge in [0.15, 0.2) is 0 Å². The first-order valence-corrected chi connectivity index (χ1v) is 5.11. The van der Waals surface area contributed by atoms with E-state index < -0.39 is 11.8 Å². The Bertz CT molecular complexity index is 463. The third kappa shape index (κ3) is 4.13. The number of aliphatic hydroxyl groups is 1. The van der Waals surface area contributed by atoms with Crippen molar-refractivity contribution < 1.29 is 14.3 Å². The van der Waals surface area contributed by atoms with Crippen molar-refractivity contribution in [2.45, 2.75) is 6.92 Å². The van der Waals surface area contributed by atoms with Gasteiger partial charge in [-0.2, -0.15) is 0 Å². The summed E-state index contributed by atoms with van der Waals surface area (Å²) in [6.45, 7) is 1.96. The molecule has 0 unspecified atom stereocenters. The van der Waals surface area contributed by atoms with Crippen LogP contribution in [0.2, 0.25) is 0 Å². The number of hydrogen-bond acceptors (Lipinski definition) is 2. The molecule has 0 saturated carbocycles. The van der Waals surface area contributed by atoms with Gasteiger partial charge in [0.05, 0.1) is 5.69 Å². The summed E-state index contributed by atoms with van der Waals surface area (Å²) in [6.07, 6.45) is 0. The molecule has 4 nitrogen and oxygen atoms in total. The van der Waals surface area contributed by atoms with Crippen LogP contribution in [-0.2, 0) is 0 Å². The maximum Gasteiger partial charge on any atom is 0.319 e. The summed E-state index contributed by atoms with van der Waals surface area (Å²) in [6, 6.07) is 3.73. The van der Waals surface area contributed by atoms with Crippen molar-refractivity contribution in [3.05, 3.63) is 29.6 Å². The van der Waals surface area contributed by atoms with Gasteiger partial charge in [-0.25, -0.2) is 9.18 Å². The molecule has 0 aliphatic carbocycles. The predicted molar refractivity (Wildman–Crippen MR) is 63.1 cm³/mol. The zero-order valence-electron chi connectivity index (χ0n) is 9.38. The highest BCUT2D eigenvalue weighted by molar-refractivity contribution is 5.89. The number of rotatable bonds is 2. The van der Waals surface area contributed by atoms with Crippen molar-refractivity contribution in [1.29, 1.82) is 0 Å². The van der Waals surface area contributed by atoms with Crippen molar-refractivity contribution in [3.63, 3.8) is 0 Å². The Hall–Kier alpha value is -2.06. The summed E-state index contributed by atoms with van der Waals surface area (Å²) < 4.78 is 13.5. The molecule has 0 atom stereocenters. The number of carbonyl (C=O) groups is 1. The number of carbonyl (C=O) groups excluding carboxylic acids is 1. The van der Waals surface area contributed by atoms with E-state index in [0.29, 0.717) is 12.1 Å². The maximum atomic E-state index is 13.5. The molecule has 0 heterocycles. The minimum atomic E-state index is -0.569. The van der Waals surface area contributed by atoms with Gasteiger partial charge < -0.3 is 15.7 Å². The largest absolute Gasteiger partial charge is 0.384 e. The molecule has 5 heteroatoms. The molecule has 17 heavy (non-hydrogen) atoms. The first kappa shape index (κ1) is 13.0. The second-order valence-electron chi connectivity index (χ2n) is 3.14. The molecule has 0 fully saturated rings. The van der Waals surface area contributed by atoms with Crippen molar-refractivity contribution >= 4 is 11.7 Å². The van der Waals surface area contributed by atoms with Gasteiger partial charge >= 0.3 is 6.03 Å². The first-order valence-electron chi connectivity index (χ1n) is 5.11. The van der Waals surface area contributed by atoms with Crippen LogP contribution in [-0.4, -0.2) is 24.3 Å². The highest BCUT2D eigenvalue weighted by Crippen LogP contribution is 2.15. The van der Waals surface area contributed by atoms with Gasteiger partial charge in [0.1, 0.15) is 12.4 Å². The van der Waals surface area contributed by atoms with Crippen molar-refractivity contribution in [2.24, 2.45) is 0 Å². The molecule has 0 aliphatic rings. The standard InChI is InChI=1S/C12H13FN2O2/c1-2-14-12(17)15-11-6-5-9(4-3-7-16)8-10(11)13/h5-6,8,16H,2,7H2,1H3,(H2,14,15,17). The normalized spacial score (nSPS) is 9.12. The fourth-order valence-electron chi connectivity index (χ4n) is 1.16. The molecule has 0 aliphatic heterocycles. The molecule has 3 N–H and O–H groups in total. The topological polar surface area (TPSA) is 61.4 Å². The quantitative estimate of drug-likeness (QED) is 0.678. The van der Waals surface area contributed by atoms with E-state index in [1.165, 1.54) is 12.1 Å². The highest BCUT2D eigenvalue weighted by atomic mass is 19.1. The average Bonchev–Trinajstić information content (AvgIpc) is 2.30. The van der Waals surface area contributed by atoms with Crippen LogP contribution in [0.3, 0.4) is 0 Å². The molecule has 90 valence electrons. The third-order valence-corrected chi connectivity index (χ3v) is 1.87. The number of anilines is 1. The molecule has 1 rings (SSSR count). The monoisotopic (exact) mass is 236 g/mol. The number of halogens is 1. The lowest BCUT2D eigenvalue weighted by atomic mass is 10.2. The van der Waals surface area contributed by atoms with Gasteiger partial charge in [0.2, 0.25) is 0 Å². The number of benzene rings is 1. The van der Waals surface area contributed by atoms with Crippen LogP contribution >= 0.6 is 0 Å². The predicted octanol–water partition coefficient (Wildman–Crippen LogP) is 1.31. The van der Waals surface area contributed by atoms with Gasteiger partial charge in [-0.15, -0.1) is 0 Å². The summed E-state index contributed by atoms with van der Waals surface area (Å²) in [7, 11) is 0. The van der Waals surface area contributed by atoms with Crippen LogP contribution in [0.25, 0.3) is 0 Å². The Morgan fingerprint density at radius 2 is 2.29 bits per heavy atom. The van der Waals surface area contributed by atoms with E-state index in [-0.39, 0.29) is 12.3 Å². The van der Waals surface area contributed by atoms with Crippen LogP contribution in [0, 0.1) is 17.7 Å². The van der Waals surface area contributed by atoms with Gasteiger partial charge in [0.25, 0.3) is 0 Å². The summed E-state index contributed by atoms with van der Waals surface area (Å²) in [5.41, 5.74) is 0.531. The van der Waals surface area contributed by atoms with Crippen LogP contribution in [0.1, 0.15) is 12.5 Å². The second kappa shape index (κ2) is 6.51. The first-order chi connectivity index (χ1) is 8.17. The Labute approximate surface area is 98.8 Å². The SMILES string of the molecule is CCNC(=O)Nc1ccc(C#CCO)cc1F. The number of urea groups is 1. The van der Waals surface area contributed by atoms with Crippen LogP contribution in [0.5, 0.6) is 0 Å². The summed E-state index contributed by atoms with van der Waals surface area (Å²) in [4.78, 5) is 11.2. The Morgan fingerprint density at radius 1 is 1.53 bits per heavy atom. The summed E-state index contributed by atoms with van der Waals surface area (Å²) in [5.74, 6) is 4.42. The smallest absolute Gasteiger partial charge is 0.319 e. The van der Waals surface area contributed by atoms with Gasteiger partial charge in [-0.05, 0) is 25.1 Å². The molecule has 0 spiro atoms. The number of hydrogen-bond donors (Lipinski definition) is 3. The number of nitrogens with one attached hydrogen (secondary N) is 2. The van der Waals surface area contributed by atoms with Crippen LogP contribution in [0.4, 0.5) is 14.9 Å². The second-order valence-corrected chi connectivity index (χ2v) is 3.14. The minimum Gasteiger partial charge on any atom is -0.384 e. The molecule has 0 aromatic heterocycles. The lowest BCUT2D eigenvalue weighted by molar-refractivity contribution is 0.252. The molecular weight excluding hydrogens is 223 g/mol. The summed E-state index contributed by atoms with van der Waals surface area (Å²) >= 11 is 0. The van der Waals surface area contributed by atoms with Crippen LogP contribution in [0.15, 0.2) is 18.2 Å². The molecule has 1 aromatic carbocycles. The molecule has 1 aromatic rings. The van der Waals surface area contributed by atoms with E-state index >= 15 is 0 Å². The molecular formula is C12H13FN2O2. The Balaban J connectivity index is 2.79. The van der Waals surface area contributed by atoms with Gasteiger partial charge in [-0.1, -0.05) is 11.8 Å². The van der Waals surface area contributed by atoms with Crippen molar-refractivity contribution in [2.75, 3.05) is 18.5 Å². The van der Waals surface area contributed by atoms with Gasteiger partial charge in [0, 0.05) is 12.1 Å². The lowest BCUT2D eigenvalue weighted by Gasteiger charge is -2.06. The summed E-state index contributed by atoms with van der Waals surface area (Å²) in [5, 5.41) is 13.4. The highest BCUT2D eigenvalue weighted by Gasteiger charge is 2.05. The Morgan fingerprint density at radius 3 is 2.88 bits per heavy atom. The van der Waals surface area contributed by atoms with E-state index in [2.05, 4.69) is 22.5 Å². The van der Waals surface area contributed by atoms with E-state index in [1.807, 2.05) is 0 Å². The van der Waals surface area contributed by atoms with E-state index in [4.69, 9.17) is 5.11 Å². The molecule has 0 saturated heterocycles. The Kier molecular flexibility index (Phi) is 4.98. The van der Waals surface area contributed by atoms with Crippen molar-refractivity contribution in [3.8, 4) is 11.8 Å². The van der Waals surface area contributed by atoms with E-state index in [1.54, 1.807) is 13.0 Å². The van der Waals surface area contributed by atoms with Gasteiger partial charge in [-0.3, -0.25) is 0 Å². The fraction of sp³-hybridized carbons (Fsp3) is 0.250. The lowest BCUT2D eigenvalue weighted by Crippen LogP contribution is -2.28. The zero-order valence-corrected chi connectivity index (χ0v) is 9.38. The fourth-order valence-corrected chi connectivity index (χ4v) is 1.16. The van der Waals surface area contributed by atoms with E-state index in [9.17, 15) is 9.18 Å². The molecule has 2 amide bonds. The number of amides is 2. The zero-order chi connectivity index (χ0) is 12.7. The number of aliphatic hydroxyl groups excluding tert-OH is 1. The maximum absolute atomic E-state index is 13.5. The van der Waals surface area contributed by atoms with Crippen LogP contribution < -0.4 is 10.6 Å². The van der Waals surface area contributed by atoms with Crippen molar-refractivity contribution in [1.82, 2.24) is 5.32 Å².